The van der Waals surface area contributed by atoms with E-state index in [2.05, 4.69) is 4.42 Å². The molecule has 0 aliphatic carbocycles. The van der Waals surface area contributed by atoms with Crippen molar-refractivity contribution < 1.29 is 17.6 Å². The molecule has 0 saturated carbocycles. The van der Waals surface area contributed by atoms with Crippen molar-refractivity contribution in [1.82, 2.24) is 0 Å². The Morgan fingerprint density at radius 2 is 1.90 bits per heavy atom. The van der Waals surface area contributed by atoms with Gasteiger partial charge in [0.1, 0.15) is 18.1 Å². The lowest BCUT2D eigenvalue weighted by Gasteiger charge is -2.00. The highest BCUT2D eigenvalue weighted by Gasteiger charge is 2.34. The van der Waals surface area contributed by atoms with Crippen LogP contribution < -0.4 is 0 Å². The van der Waals surface area contributed by atoms with Crippen molar-refractivity contribution in [1.29, 1.82) is 0 Å². The zero-order valence-corrected chi connectivity index (χ0v) is 5.33. The van der Waals surface area contributed by atoms with Gasteiger partial charge in [-0.25, -0.2) is 0 Å². The molecule has 0 spiro atoms. The van der Waals surface area contributed by atoms with Crippen LogP contribution in [0.25, 0.3) is 0 Å². The highest BCUT2D eigenvalue weighted by molar-refractivity contribution is 6.31. The van der Waals surface area contributed by atoms with E-state index in [1.54, 1.807) is 0 Å². The second-order valence-corrected chi connectivity index (χ2v) is 2.04. The summed E-state index contributed by atoms with van der Waals surface area (Å²) in [5.74, 6) is 0. The van der Waals surface area contributed by atoms with Gasteiger partial charge >= 0.3 is 6.18 Å². The maximum absolute atomic E-state index is 11.7. The highest BCUT2D eigenvalue weighted by Crippen LogP contribution is 2.34. The third-order valence-corrected chi connectivity index (χ3v) is 1.21. The standard InChI is InChI=1S/C5H2ClF3O/c6-4-2-10-1-3(4)5(7,8)9/h1-2H. The van der Waals surface area contributed by atoms with E-state index >= 15 is 0 Å². The Kier molecular flexibility index (Phi) is 1.64. The second kappa shape index (κ2) is 2.20. The number of alkyl halides is 3. The van der Waals surface area contributed by atoms with Gasteiger partial charge in [0.25, 0.3) is 0 Å². The van der Waals surface area contributed by atoms with E-state index in [0.717, 1.165) is 6.26 Å². The minimum atomic E-state index is -4.41. The predicted octanol–water partition coefficient (Wildman–Crippen LogP) is 2.95. The molecule has 0 aliphatic heterocycles. The van der Waals surface area contributed by atoms with Crippen molar-refractivity contribution in [2.75, 3.05) is 0 Å². The Hall–Kier alpha value is -0.640. The van der Waals surface area contributed by atoms with E-state index in [1.807, 2.05) is 0 Å². The van der Waals surface area contributed by atoms with Crippen molar-refractivity contribution in [3.63, 3.8) is 0 Å². The van der Waals surface area contributed by atoms with Crippen molar-refractivity contribution in [3.8, 4) is 0 Å². The third kappa shape index (κ3) is 1.26. The second-order valence-electron chi connectivity index (χ2n) is 1.63. The molecule has 1 nitrogen and oxygen atoms in total. The summed E-state index contributed by atoms with van der Waals surface area (Å²) < 4.78 is 39.4. The Bertz CT molecular complexity index is 227. The number of hydrogen-bond donors (Lipinski definition) is 0. The molecule has 0 aromatic carbocycles. The smallest absolute Gasteiger partial charge is 0.420 e. The molecule has 0 radical (unpaired) electrons. The van der Waals surface area contributed by atoms with Crippen LogP contribution in [-0.2, 0) is 6.18 Å². The van der Waals surface area contributed by atoms with E-state index in [-0.39, 0.29) is 0 Å². The van der Waals surface area contributed by atoms with Crippen LogP contribution in [-0.4, -0.2) is 0 Å². The lowest BCUT2D eigenvalue weighted by Crippen LogP contribution is -2.02. The van der Waals surface area contributed by atoms with Gasteiger partial charge in [-0.05, 0) is 0 Å². The average Bonchev–Trinajstić information content (AvgIpc) is 2.11. The largest absolute Gasteiger partial charge is 0.470 e. The van der Waals surface area contributed by atoms with Crippen molar-refractivity contribution >= 4 is 11.6 Å². The van der Waals surface area contributed by atoms with Gasteiger partial charge in [0.15, 0.2) is 0 Å². The average molecular weight is 171 g/mol. The quantitative estimate of drug-likeness (QED) is 0.584. The summed E-state index contributed by atoms with van der Waals surface area (Å²) in [6, 6.07) is 0. The molecule has 0 unspecified atom stereocenters. The minimum absolute atomic E-state index is 0.410. The molecule has 1 heterocycles. The highest BCUT2D eigenvalue weighted by atomic mass is 35.5. The van der Waals surface area contributed by atoms with Crippen LogP contribution in [0.4, 0.5) is 13.2 Å². The van der Waals surface area contributed by atoms with Crippen LogP contribution in [0.2, 0.25) is 5.02 Å². The van der Waals surface area contributed by atoms with E-state index in [1.165, 1.54) is 0 Å². The SMILES string of the molecule is FC(F)(F)c1cocc1Cl. The van der Waals surface area contributed by atoms with Gasteiger partial charge in [0, 0.05) is 0 Å². The number of hydrogen-bond acceptors (Lipinski definition) is 1. The molecule has 0 amide bonds. The molecule has 0 saturated heterocycles. The lowest BCUT2D eigenvalue weighted by atomic mass is 10.3. The molecule has 0 fully saturated rings. The predicted molar refractivity (Wildman–Crippen MR) is 28.7 cm³/mol. The molecule has 0 atom stereocenters. The summed E-state index contributed by atoms with van der Waals surface area (Å²) in [7, 11) is 0. The van der Waals surface area contributed by atoms with Crippen LogP contribution in [0.5, 0.6) is 0 Å². The Labute approximate surface area is 59.4 Å². The molecule has 1 aromatic rings. The van der Waals surface area contributed by atoms with Crippen molar-refractivity contribution in [2.45, 2.75) is 6.18 Å². The van der Waals surface area contributed by atoms with E-state index in [4.69, 9.17) is 11.6 Å². The third-order valence-electron chi connectivity index (χ3n) is 0.920. The van der Waals surface area contributed by atoms with E-state index in [9.17, 15) is 13.2 Å². The first kappa shape index (κ1) is 7.47. The molecule has 1 rings (SSSR count). The zero-order chi connectivity index (χ0) is 7.78. The summed E-state index contributed by atoms with van der Waals surface area (Å²) in [5, 5.41) is -0.410. The topological polar surface area (TPSA) is 13.1 Å². The van der Waals surface area contributed by atoms with Gasteiger partial charge in [-0.1, -0.05) is 11.6 Å². The normalized spacial score (nSPS) is 12.0. The van der Waals surface area contributed by atoms with Crippen molar-refractivity contribution in [3.05, 3.63) is 23.1 Å². The maximum Gasteiger partial charge on any atom is 0.420 e. The first-order valence-corrected chi connectivity index (χ1v) is 2.68. The lowest BCUT2D eigenvalue weighted by molar-refractivity contribution is -0.137. The van der Waals surface area contributed by atoms with E-state index in [0.29, 0.717) is 6.26 Å². The summed E-state index contributed by atoms with van der Waals surface area (Å²) in [6.07, 6.45) is -3.00. The van der Waals surface area contributed by atoms with Gasteiger partial charge in [0.05, 0.1) is 5.02 Å². The van der Waals surface area contributed by atoms with Crippen LogP contribution >= 0.6 is 11.6 Å². The monoisotopic (exact) mass is 170 g/mol. The Morgan fingerprint density at radius 3 is 2.10 bits per heavy atom. The molecule has 0 aliphatic rings. The van der Waals surface area contributed by atoms with Gasteiger partial charge in [-0.2, -0.15) is 13.2 Å². The van der Waals surface area contributed by atoms with Gasteiger partial charge < -0.3 is 4.42 Å². The summed E-state index contributed by atoms with van der Waals surface area (Å²) in [6.45, 7) is 0. The van der Waals surface area contributed by atoms with Crippen molar-refractivity contribution in [2.24, 2.45) is 0 Å². The van der Waals surface area contributed by atoms with E-state index < -0.39 is 16.8 Å². The first-order valence-electron chi connectivity index (χ1n) is 2.30. The fourth-order valence-electron chi connectivity index (χ4n) is 0.484. The minimum Gasteiger partial charge on any atom is -0.470 e. The summed E-state index contributed by atoms with van der Waals surface area (Å²) in [4.78, 5) is 0. The first-order chi connectivity index (χ1) is 4.52. The number of rotatable bonds is 0. The van der Waals surface area contributed by atoms with Gasteiger partial charge in [-0.15, -0.1) is 0 Å². The molecule has 0 N–H and O–H groups in total. The van der Waals surface area contributed by atoms with Gasteiger partial charge in [0.2, 0.25) is 0 Å². The Morgan fingerprint density at radius 1 is 1.30 bits per heavy atom. The van der Waals surface area contributed by atoms with Crippen LogP contribution in [0.1, 0.15) is 5.56 Å². The zero-order valence-electron chi connectivity index (χ0n) is 4.57. The Balaban J connectivity index is 3.05. The van der Waals surface area contributed by atoms with Crippen LogP contribution in [0, 0.1) is 0 Å². The van der Waals surface area contributed by atoms with Crippen LogP contribution in [0.3, 0.4) is 0 Å². The summed E-state index contributed by atoms with van der Waals surface area (Å²) in [5.41, 5.74) is -0.936. The molecule has 56 valence electrons. The fourth-order valence-corrected chi connectivity index (χ4v) is 0.687. The number of furan rings is 1. The fraction of sp³-hybridized carbons (Fsp3) is 0.200. The number of halogens is 4. The molecular weight excluding hydrogens is 169 g/mol. The molecule has 1 aromatic heterocycles. The van der Waals surface area contributed by atoms with Crippen LogP contribution in [0.15, 0.2) is 16.9 Å². The molecular formula is C5H2ClF3O. The molecule has 10 heavy (non-hydrogen) atoms. The van der Waals surface area contributed by atoms with Gasteiger partial charge in [-0.3, -0.25) is 0 Å². The summed E-state index contributed by atoms with van der Waals surface area (Å²) >= 11 is 5.11. The molecule has 5 heteroatoms. The maximum atomic E-state index is 11.7. The molecule has 0 bridgehead atoms.